The number of hydrogen-bond donors (Lipinski definition) is 0. The molecule has 0 aromatic rings. The highest BCUT2D eigenvalue weighted by atomic mass is 79.9. The Hall–Kier alpha value is -1.07. The maximum atomic E-state index is 12.3. The Bertz CT molecular complexity index is 504. The van der Waals surface area contributed by atoms with E-state index in [4.69, 9.17) is 0 Å². The fourth-order valence-corrected chi connectivity index (χ4v) is 2.11. The van der Waals surface area contributed by atoms with Crippen molar-refractivity contribution >= 4 is 39.9 Å². The molecule has 0 unspecified atom stereocenters. The Labute approximate surface area is 147 Å². The van der Waals surface area contributed by atoms with Gasteiger partial charge in [-0.2, -0.15) is 0 Å². The number of carbonyl (C=O) groups excluding carboxylic acids is 1. The lowest BCUT2D eigenvalue weighted by Crippen LogP contribution is -2.28. The molecule has 21 heavy (non-hydrogen) atoms. The van der Waals surface area contributed by atoms with Gasteiger partial charge < -0.3 is 4.90 Å². The first-order valence-electron chi connectivity index (χ1n) is 6.73. The molecule has 0 aromatic heterocycles. The van der Waals surface area contributed by atoms with Gasteiger partial charge in [-0.25, -0.2) is 0 Å². The Morgan fingerprint density at radius 3 is 2.24 bits per heavy atom. The molecule has 0 atom stereocenters. The number of allylic oxidation sites excluding steroid dienone is 6. The number of halogens is 2. The Balaban J connectivity index is 0.00000200. The molecule has 0 fully saturated rings. The summed E-state index contributed by atoms with van der Waals surface area (Å²) in [6, 6.07) is 0. The molecule has 0 N–H and O–H groups in total. The molecule has 5 heteroatoms. The van der Waals surface area contributed by atoms with Crippen molar-refractivity contribution in [3.8, 4) is 0 Å². The maximum absolute atomic E-state index is 12.3. The van der Waals surface area contributed by atoms with Crippen LogP contribution in [0.2, 0.25) is 0 Å². The lowest BCUT2D eigenvalue weighted by molar-refractivity contribution is -0.127. The van der Waals surface area contributed by atoms with E-state index in [2.05, 4.69) is 6.92 Å². The fraction of sp³-hybridized carbons (Fsp3) is 0.312. The lowest BCUT2D eigenvalue weighted by Gasteiger charge is -2.28. The van der Waals surface area contributed by atoms with Gasteiger partial charge in [0.1, 0.15) is 0 Å². The van der Waals surface area contributed by atoms with Gasteiger partial charge in [-0.1, -0.05) is 25.5 Å². The average molecular weight is 418 g/mol. The quantitative estimate of drug-likeness (QED) is 0.676. The summed E-state index contributed by atoms with van der Waals surface area (Å²) in [4.78, 5) is 16.0. The van der Waals surface area contributed by atoms with E-state index < -0.39 is 0 Å². The standard InChI is InChI=1S/C16H20N2O.2BrH/c1-3-4-11-16(19)18-13-8-6-10-15(18)14-9-5-7-12-17(14)2;;/h5-10,12-13H,3-4,11H2,1-2H3;2*1H. The molecule has 0 saturated carbocycles. The molecule has 3 nitrogen and oxygen atoms in total. The molecule has 2 aliphatic rings. The average Bonchev–Trinajstić information content (AvgIpc) is 2.45. The highest BCUT2D eigenvalue weighted by molar-refractivity contribution is 8.93. The van der Waals surface area contributed by atoms with Crippen LogP contribution in [0.5, 0.6) is 0 Å². The molecule has 1 amide bonds. The third-order valence-corrected chi connectivity index (χ3v) is 3.19. The summed E-state index contributed by atoms with van der Waals surface area (Å²) in [6.07, 6.45) is 18.2. The van der Waals surface area contributed by atoms with Crippen LogP contribution in [0.3, 0.4) is 0 Å². The molecule has 2 rings (SSSR count). The largest absolute Gasteiger partial charge is 0.349 e. The lowest BCUT2D eigenvalue weighted by atomic mass is 10.1. The van der Waals surface area contributed by atoms with Gasteiger partial charge in [-0.05, 0) is 30.7 Å². The van der Waals surface area contributed by atoms with E-state index in [-0.39, 0.29) is 39.9 Å². The zero-order valence-corrected chi connectivity index (χ0v) is 15.8. The molecule has 0 aliphatic carbocycles. The van der Waals surface area contributed by atoms with E-state index in [0.29, 0.717) is 6.42 Å². The van der Waals surface area contributed by atoms with Crippen molar-refractivity contribution in [2.75, 3.05) is 7.05 Å². The van der Waals surface area contributed by atoms with E-state index in [1.54, 1.807) is 4.90 Å². The van der Waals surface area contributed by atoms with Crippen molar-refractivity contribution in [2.24, 2.45) is 0 Å². The molecule has 116 valence electrons. The molecule has 2 aliphatic heterocycles. The number of rotatable bonds is 3. The van der Waals surface area contributed by atoms with Gasteiger partial charge in [0.05, 0.1) is 11.4 Å². The minimum Gasteiger partial charge on any atom is -0.349 e. The van der Waals surface area contributed by atoms with Crippen molar-refractivity contribution in [2.45, 2.75) is 26.2 Å². The Morgan fingerprint density at radius 1 is 1.00 bits per heavy atom. The van der Waals surface area contributed by atoms with Crippen LogP contribution in [0.25, 0.3) is 0 Å². The summed E-state index contributed by atoms with van der Waals surface area (Å²) in [5.41, 5.74) is 1.97. The predicted molar refractivity (Wildman–Crippen MR) is 98.4 cm³/mol. The third-order valence-electron chi connectivity index (χ3n) is 3.19. The van der Waals surface area contributed by atoms with Crippen LogP contribution >= 0.6 is 34.0 Å². The van der Waals surface area contributed by atoms with Crippen LogP contribution in [0.1, 0.15) is 26.2 Å². The summed E-state index contributed by atoms with van der Waals surface area (Å²) < 4.78 is 0. The number of nitrogens with zero attached hydrogens (tertiary/aromatic N) is 2. The molecule has 0 saturated heterocycles. The van der Waals surface area contributed by atoms with Crippen molar-refractivity contribution in [1.82, 2.24) is 9.80 Å². The fourth-order valence-electron chi connectivity index (χ4n) is 2.11. The minimum atomic E-state index is 0. The third kappa shape index (κ3) is 5.00. The zero-order chi connectivity index (χ0) is 13.7. The zero-order valence-electron chi connectivity index (χ0n) is 12.4. The number of amides is 1. The topological polar surface area (TPSA) is 23.6 Å². The van der Waals surface area contributed by atoms with Crippen molar-refractivity contribution in [1.29, 1.82) is 0 Å². The molecular formula is C16H22Br2N2O. The number of unbranched alkanes of at least 4 members (excludes halogenated alkanes) is 1. The van der Waals surface area contributed by atoms with Crippen LogP contribution in [-0.2, 0) is 4.79 Å². The van der Waals surface area contributed by atoms with Gasteiger partial charge in [-0.3, -0.25) is 9.69 Å². The molecule has 0 spiro atoms. The monoisotopic (exact) mass is 416 g/mol. The second kappa shape index (κ2) is 9.79. The van der Waals surface area contributed by atoms with Gasteiger partial charge in [0.15, 0.2) is 0 Å². The van der Waals surface area contributed by atoms with Gasteiger partial charge in [0.2, 0.25) is 5.91 Å². The molecule has 0 aromatic carbocycles. The van der Waals surface area contributed by atoms with Gasteiger partial charge >= 0.3 is 0 Å². The summed E-state index contributed by atoms with van der Waals surface area (Å²) in [5, 5.41) is 0. The maximum Gasteiger partial charge on any atom is 0.231 e. The van der Waals surface area contributed by atoms with Crippen molar-refractivity contribution in [3.63, 3.8) is 0 Å². The highest BCUT2D eigenvalue weighted by Crippen LogP contribution is 2.23. The first-order valence-corrected chi connectivity index (χ1v) is 6.73. The Morgan fingerprint density at radius 2 is 1.62 bits per heavy atom. The summed E-state index contributed by atoms with van der Waals surface area (Å²) in [6.45, 7) is 2.10. The van der Waals surface area contributed by atoms with E-state index in [9.17, 15) is 4.79 Å². The molecule has 0 radical (unpaired) electrons. The summed E-state index contributed by atoms with van der Waals surface area (Å²) in [5.74, 6) is 0.154. The summed E-state index contributed by atoms with van der Waals surface area (Å²) >= 11 is 0. The second-order valence-electron chi connectivity index (χ2n) is 4.65. The van der Waals surface area contributed by atoms with Gasteiger partial charge in [-0.15, -0.1) is 34.0 Å². The molecular weight excluding hydrogens is 396 g/mol. The Kier molecular flexibility index (Phi) is 9.29. The van der Waals surface area contributed by atoms with E-state index in [1.165, 1.54) is 0 Å². The van der Waals surface area contributed by atoms with Crippen LogP contribution in [0.15, 0.2) is 60.3 Å². The highest BCUT2D eigenvalue weighted by Gasteiger charge is 2.19. The number of carbonyl (C=O) groups is 1. The van der Waals surface area contributed by atoms with Gasteiger partial charge in [0.25, 0.3) is 0 Å². The van der Waals surface area contributed by atoms with Gasteiger partial charge in [0, 0.05) is 25.9 Å². The predicted octanol–water partition coefficient (Wildman–Crippen LogP) is 4.47. The molecule has 0 bridgehead atoms. The first kappa shape index (κ1) is 19.9. The second-order valence-corrected chi connectivity index (χ2v) is 4.65. The number of hydrogen-bond acceptors (Lipinski definition) is 2. The van der Waals surface area contributed by atoms with E-state index in [1.807, 2.05) is 60.8 Å². The van der Waals surface area contributed by atoms with Crippen molar-refractivity contribution in [3.05, 3.63) is 60.3 Å². The SMILES string of the molecule is Br.Br.CCCCC(=O)N1C=CC=CC1=C1C=CC=CN1C. The van der Waals surface area contributed by atoms with E-state index >= 15 is 0 Å². The normalized spacial score (nSPS) is 19.3. The smallest absolute Gasteiger partial charge is 0.231 e. The van der Waals surface area contributed by atoms with Crippen LogP contribution in [0.4, 0.5) is 0 Å². The van der Waals surface area contributed by atoms with Crippen molar-refractivity contribution < 1.29 is 4.79 Å². The minimum absolute atomic E-state index is 0. The van der Waals surface area contributed by atoms with Crippen LogP contribution < -0.4 is 0 Å². The van der Waals surface area contributed by atoms with E-state index in [0.717, 1.165) is 24.2 Å². The first-order chi connectivity index (χ1) is 9.24. The van der Waals surface area contributed by atoms with Crippen LogP contribution in [-0.4, -0.2) is 22.8 Å². The van der Waals surface area contributed by atoms with Crippen LogP contribution in [0, 0.1) is 0 Å². The summed E-state index contributed by atoms with van der Waals surface area (Å²) in [7, 11) is 1.99. The number of likely N-dealkylation sites (N-methyl/N-ethyl adjacent to an activating group) is 1. The molecule has 2 heterocycles.